The van der Waals surface area contributed by atoms with E-state index in [-0.39, 0.29) is 0 Å². The van der Waals surface area contributed by atoms with Gasteiger partial charge < -0.3 is 0 Å². The minimum Gasteiger partial charge on any atom is -0.297 e. The highest BCUT2D eigenvalue weighted by Crippen LogP contribution is 2.15. The van der Waals surface area contributed by atoms with Gasteiger partial charge in [-0.25, -0.2) is 0 Å². The van der Waals surface area contributed by atoms with E-state index >= 15 is 0 Å². The largest absolute Gasteiger partial charge is 0.297 e. The maximum Gasteiger partial charge on any atom is 0.0409 e. The fourth-order valence-corrected chi connectivity index (χ4v) is 3.35. The molecule has 0 bridgehead atoms. The van der Waals surface area contributed by atoms with E-state index in [1.165, 1.54) is 16.7 Å². The molecule has 0 saturated carbocycles. The molecule has 0 spiro atoms. The Hall–Kier alpha value is -1.35. The Bertz CT molecular complexity index is 616. The van der Waals surface area contributed by atoms with E-state index in [1.807, 2.05) is 12.1 Å². The van der Waals surface area contributed by atoms with E-state index in [0.29, 0.717) is 0 Å². The zero-order valence-electron chi connectivity index (χ0n) is 13.8. The first-order valence-electron chi connectivity index (χ1n) is 8.50. The quantitative estimate of drug-likeness (QED) is 0.810. The molecule has 0 radical (unpaired) electrons. The Morgan fingerprint density at radius 1 is 0.783 bits per heavy atom. The molecule has 2 nitrogen and oxygen atoms in total. The molecule has 0 amide bonds. The summed E-state index contributed by atoms with van der Waals surface area (Å²) < 4.78 is 0. The van der Waals surface area contributed by atoms with Crippen LogP contribution < -0.4 is 0 Å². The molecule has 1 heterocycles. The number of piperazine rings is 1. The summed E-state index contributed by atoms with van der Waals surface area (Å²) in [7, 11) is 0. The van der Waals surface area contributed by atoms with Gasteiger partial charge in [-0.3, -0.25) is 9.80 Å². The molecule has 0 aromatic heterocycles. The van der Waals surface area contributed by atoms with Crippen LogP contribution in [0.5, 0.6) is 0 Å². The van der Waals surface area contributed by atoms with Crippen LogP contribution in [-0.4, -0.2) is 36.0 Å². The molecule has 2 aromatic carbocycles. The van der Waals surface area contributed by atoms with Crippen LogP contribution in [0.3, 0.4) is 0 Å². The van der Waals surface area contributed by atoms with Crippen molar-refractivity contribution in [3.05, 3.63) is 70.2 Å². The number of rotatable bonds is 5. The van der Waals surface area contributed by atoms with Crippen LogP contribution >= 0.6 is 11.6 Å². The maximum atomic E-state index is 6.07. The van der Waals surface area contributed by atoms with E-state index in [2.05, 4.69) is 53.1 Å². The number of hydrogen-bond donors (Lipinski definition) is 0. The Balaban J connectivity index is 1.48. The van der Waals surface area contributed by atoms with Crippen molar-refractivity contribution in [1.82, 2.24) is 9.80 Å². The number of halogens is 1. The lowest BCUT2D eigenvalue weighted by molar-refractivity contribution is 0.122. The molecule has 122 valence electrons. The Labute approximate surface area is 144 Å². The second-order valence-corrected chi connectivity index (χ2v) is 6.79. The molecule has 3 heteroatoms. The lowest BCUT2D eigenvalue weighted by atomic mass is 10.1. The van der Waals surface area contributed by atoms with Crippen LogP contribution in [0.15, 0.2) is 48.5 Å². The second-order valence-electron chi connectivity index (χ2n) is 6.35. The van der Waals surface area contributed by atoms with Crippen LogP contribution in [0.2, 0.25) is 5.02 Å². The minimum atomic E-state index is 0.830. The van der Waals surface area contributed by atoms with E-state index in [9.17, 15) is 0 Å². The van der Waals surface area contributed by atoms with Gasteiger partial charge in [-0.2, -0.15) is 0 Å². The number of aryl methyl sites for hydroxylation is 1. The highest BCUT2D eigenvalue weighted by Gasteiger charge is 2.17. The maximum absolute atomic E-state index is 6.07. The van der Waals surface area contributed by atoms with Crippen LogP contribution in [-0.2, 0) is 19.5 Å². The smallest absolute Gasteiger partial charge is 0.0409 e. The average Bonchev–Trinajstić information content (AvgIpc) is 2.57. The molecule has 23 heavy (non-hydrogen) atoms. The molecular formula is C20H25ClN2. The summed E-state index contributed by atoms with van der Waals surface area (Å²) in [5.74, 6) is 0. The molecule has 0 unspecified atom stereocenters. The fourth-order valence-electron chi connectivity index (χ4n) is 3.14. The molecular weight excluding hydrogens is 304 g/mol. The van der Waals surface area contributed by atoms with Gasteiger partial charge in [0.15, 0.2) is 0 Å². The van der Waals surface area contributed by atoms with Crippen molar-refractivity contribution in [1.29, 1.82) is 0 Å². The average molecular weight is 329 g/mol. The zero-order chi connectivity index (χ0) is 16.1. The van der Waals surface area contributed by atoms with Gasteiger partial charge >= 0.3 is 0 Å². The fraction of sp³-hybridized carbons (Fsp3) is 0.400. The van der Waals surface area contributed by atoms with Gasteiger partial charge in [-0.05, 0) is 35.2 Å². The lowest BCUT2D eigenvalue weighted by Gasteiger charge is -2.34. The third kappa shape index (κ3) is 4.81. The van der Waals surface area contributed by atoms with Crippen LogP contribution in [0.4, 0.5) is 0 Å². The molecule has 2 aromatic rings. The van der Waals surface area contributed by atoms with Crippen molar-refractivity contribution in [2.45, 2.75) is 26.4 Å². The number of benzene rings is 2. The monoisotopic (exact) mass is 328 g/mol. The molecule has 1 fully saturated rings. The van der Waals surface area contributed by atoms with Crippen molar-refractivity contribution in [2.24, 2.45) is 0 Å². The predicted molar refractivity (Wildman–Crippen MR) is 97.8 cm³/mol. The summed E-state index contributed by atoms with van der Waals surface area (Å²) in [6.07, 6.45) is 1.11. The van der Waals surface area contributed by atoms with E-state index < -0.39 is 0 Å². The van der Waals surface area contributed by atoms with Crippen LogP contribution in [0.1, 0.15) is 23.6 Å². The minimum absolute atomic E-state index is 0.830. The van der Waals surface area contributed by atoms with E-state index in [1.54, 1.807) is 0 Å². The molecule has 1 saturated heterocycles. The predicted octanol–water partition coefficient (Wildman–Crippen LogP) is 4.22. The first-order valence-corrected chi connectivity index (χ1v) is 8.87. The van der Waals surface area contributed by atoms with Gasteiger partial charge in [0, 0.05) is 44.3 Å². The topological polar surface area (TPSA) is 6.48 Å². The lowest BCUT2D eigenvalue weighted by Crippen LogP contribution is -2.45. The third-order valence-corrected chi connectivity index (χ3v) is 4.83. The van der Waals surface area contributed by atoms with Crippen molar-refractivity contribution in [3.8, 4) is 0 Å². The summed E-state index contributed by atoms with van der Waals surface area (Å²) in [4.78, 5) is 5.07. The van der Waals surface area contributed by atoms with Crippen molar-refractivity contribution < 1.29 is 0 Å². The van der Waals surface area contributed by atoms with Crippen molar-refractivity contribution in [2.75, 3.05) is 26.2 Å². The molecule has 1 aliphatic rings. The normalized spacial score (nSPS) is 16.6. The highest BCUT2D eigenvalue weighted by molar-refractivity contribution is 6.30. The second kappa shape index (κ2) is 7.96. The van der Waals surface area contributed by atoms with Gasteiger partial charge in [0.1, 0.15) is 0 Å². The highest BCUT2D eigenvalue weighted by atomic mass is 35.5. The first-order chi connectivity index (χ1) is 11.2. The molecule has 1 aliphatic heterocycles. The zero-order valence-corrected chi connectivity index (χ0v) is 14.6. The van der Waals surface area contributed by atoms with Gasteiger partial charge in [0.25, 0.3) is 0 Å². The van der Waals surface area contributed by atoms with Crippen LogP contribution in [0, 0.1) is 0 Å². The SMILES string of the molecule is CCc1ccc(CN2CCN(Cc3cccc(Cl)c3)CC2)cc1. The Kier molecular flexibility index (Phi) is 5.71. The van der Waals surface area contributed by atoms with Gasteiger partial charge in [-0.15, -0.1) is 0 Å². The van der Waals surface area contributed by atoms with Crippen molar-refractivity contribution in [3.63, 3.8) is 0 Å². The Morgan fingerprint density at radius 3 is 1.91 bits per heavy atom. The van der Waals surface area contributed by atoms with Gasteiger partial charge in [-0.1, -0.05) is 54.9 Å². The summed E-state index contributed by atoms with van der Waals surface area (Å²) >= 11 is 6.07. The summed E-state index contributed by atoms with van der Waals surface area (Å²) in [5.41, 5.74) is 4.15. The molecule has 0 aliphatic carbocycles. The van der Waals surface area contributed by atoms with Gasteiger partial charge in [0.05, 0.1) is 0 Å². The standard InChI is InChI=1S/C20H25ClN2/c1-2-17-6-8-18(9-7-17)15-22-10-12-23(13-11-22)16-19-4-3-5-20(21)14-19/h3-9,14H,2,10-13,15-16H2,1H3. The summed E-state index contributed by atoms with van der Waals surface area (Å²) in [6, 6.07) is 17.3. The number of nitrogens with zero attached hydrogens (tertiary/aromatic N) is 2. The van der Waals surface area contributed by atoms with Crippen molar-refractivity contribution >= 4 is 11.6 Å². The van der Waals surface area contributed by atoms with E-state index in [4.69, 9.17) is 11.6 Å². The summed E-state index contributed by atoms with van der Waals surface area (Å²) in [5, 5.41) is 0.830. The number of hydrogen-bond acceptors (Lipinski definition) is 2. The van der Waals surface area contributed by atoms with Gasteiger partial charge in [0.2, 0.25) is 0 Å². The Morgan fingerprint density at radius 2 is 1.35 bits per heavy atom. The molecule has 3 rings (SSSR count). The molecule has 0 N–H and O–H groups in total. The summed E-state index contributed by atoms with van der Waals surface area (Å²) in [6.45, 7) is 8.79. The van der Waals surface area contributed by atoms with Crippen LogP contribution in [0.25, 0.3) is 0 Å². The molecule has 0 atom stereocenters. The third-order valence-electron chi connectivity index (χ3n) is 4.60. The first kappa shape index (κ1) is 16.5. The van der Waals surface area contributed by atoms with E-state index in [0.717, 1.165) is 50.7 Å².